The summed E-state index contributed by atoms with van der Waals surface area (Å²) in [5, 5.41) is 9.15. The van der Waals surface area contributed by atoms with Crippen LogP contribution in [0.15, 0.2) is 54.6 Å². The number of carbonyl (C=O) groups is 1. The van der Waals surface area contributed by atoms with Crippen molar-refractivity contribution < 1.29 is 4.79 Å². The van der Waals surface area contributed by atoms with E-state index in [0.717, 1.165) is 5.56 Å². The number of likely N-dealkylation sites (N-methyl/N-ethyl adjacent to an activating group) is 1. The van der Waals surface area contributed by atoms with Crippen LogP contribution in [0.5, 0.6) is 0 Å². The summed E-state index contributed by atoms with van der Waals surface area (Å²) in [7, 11) is 1.67. The quantitative estimate of drug-likeness (QED) is 0.933. The van der Waals surface area contributed by atoms with Gasteiger partial charge in [-0.05, 0) is 17.7 Å². The minimum Gasteiger partial charge on any atom is -0.329 e. The van der Waals surface area contributed by atoms with Crippen LogP contribution in [0.2, 0.25) is 0 Å². The van der Waals surface area contributed by atoms with Gasteiger partial charge in [0.05, 0.1) is 17.2 Å². The van der Waals surface area contributed by atoms with Crippen molar-refractivity contribution in [3.05, 3.63) is 65.7 Å². The summed E-state index contributed by atoms with van der Waals surface area (Å²) in [6.07, 6.45) is 0. The molecule has 106 valence electrons. The van der Waals surface area contributed by atoms with E-state index < -0.39 is 5.92 Å². The van der Waals surface area contributed by atoms with E-state index >= 15 is 0 Å². The monoisotopic (exact) mass is 279 g/mol. The summed E-state index contributed by atoms with van der Waals surface area (Å²) in [5.74, 6) is -0.533. The molecule has 2 rings (SSSR count). The molecule has 2 aromatic rings. The van der Waals surface area contributed by atoms with Gasteiger partial charge in [-0.25, -0.2) is 0 Å². The zero-order chi connectivity index (χ0) is 15.2. The first-order valence-electron chi connectivity index (χ1n) is 6.70. The van der Waals surface area contributed by atoms with Crippen LogP contribution < -0.4 is 10.6 Å². The number of amides is 1. The molecule has 0 spiro atoms. The third-order valence-electron chi connectivity index (χ3n) is 3.45. The second-order valence-electron chi connectivity index (χ2n) is 4.73. The third kappa shape index (κ3) is 3.10. The Labute approximate surface area is 124 Å². The maximum absolute atomic E-state index is 12.7. The molecule has 0 bridgehead atoms. The molecule has 0 saturated carbocycles. The van der Waals surface area contributed by atoms with E-state index in [2.05, 4.69) is 6.07 Å². The standard InChI is InChI=1S/C17H17N3O/c1-20(16-10-6-5-9-14(16)11-18)17(21)15(12-19)13-7-3-2-4-8-13/h2-10,15H,12,19H2,1H3. The Morgan fingerprint density at radius 2 is 1.81 bits per heavy atom. The first kappa shape index (κ1) is 14.8. The molecule has 21 heavy (non-hydrogen) atoms. The lowest BCUT2D eigenvalue weighted by Crippen LogP contribution is -2.35. The second kappa shape index (κ2) is 6.69. The fourth-order valence-electron chi connectivity index (χ4n) is 2.28. The van der Waals surface area contributed by atoms with Crippen molar-refractivity contribution in [1.82, 2.24) is 0 Å². The van der Waals surface area contributed by atoms with Gasteiger partial charge in [0.2, 0.25) is 5.91 Å². The molecular formula is C17H17N3O. The number of carbonyl (C=O) groups excluding carboxylic acids is 1. The van der Waals surface area contributed by atoms with Crippen molar-refractivity contribution in [2.45, 2.75) is 5.92 Å². The number of nitrogens with two attached hydrogens (primary N) is 1. The lowest BCUT2D eigenvalue weighted by atomic mass is 9.97. The van der Waals surface area contributed by atoms with Gasteiger partial charge in [-0.1, -0.05) is 42.5 Å². The van der Waals surface area contributed by atoms with E-state index in [1.807, 2.05) is 30.3 Å². The molecule has 1 unspecified atom stereocenters. The van der Waals surface area contributed by atoms with Crippen LogP contribution in [-0.2, 0) is 4.79 Å². The van der Waals surface area contributed by atoms with E-state index in [0.29, 0.717) is 11.3 Å². The van der Waals surface area contributed by atoms with Crippen LogP contribution in [-0.4, -0.2) is 19.5 Å². The van der Waals surface area contributed by atoms with Crippen molar-refractivity contribution in [2.75, 3.05) is 18.5 Å². The van der Waals surface area contributed by atoms with Crippen LogP contribution in [0.25, 0.3) is 0 Å². The Bertz CT molecular complexity index is 661. The maximum atomic E-state index is 12.7. The maximum Gasteiger partial charge on any atom is 0.235 e. The van der Waals surface area contributed by atoms with Crippen LogP contribution in [0.3, 0.4) is 0 Å². The van der Waals surface area contributed by atoms with Crippen molar-refractivity contribution in [3.8, 4) is 6.07 Å². The molecule has 2 N–H and O–H groups in total. The fourth-order valence-corrected chi connectivity index (χ4v) is 2.28. The summed E-state index contributed by atoms with van der Waals surface area (Å²) in [4.78, 5) is 14.2. The summed E-state index contributed by atoms with van der Waals surface area (Å²) < 4.78 is 0. The highest BCUT2D eigenvalue weighted by atomic mass is 16.2. The van der Waals surface area contributed by atoms with E-state index in [1.165, 1.54) is 4.90 Å². The minimum absolute atomic E-state index is 0.119. The number of para-hydroxylation sites is 1. The molecular weight excluding hydrogens is 262 g/mol. The van der Waals surface area contributed by atoms with Gasteiger partial charge in [0.25, 0.3) is 0 Å². The zero-order valence-electron chi connectivity index (χ0n) is 11.9. The van der Waals surface area contributed by atoms with Crippen LogP contribution in [0, 0.1) is 11.3 Å². The van der Waals surface area contributed by atoms with Crippen LogP contribution >= 0.6 is 0 Å². The van der Waals surface area contributed by atoms with Gasteiger partial charge in [0.1, 0.15) is 6.07 Å². The number of rotatable bonds is 4. The molecule has 0 radical (unpaired) electrons. The molecule has 0 aliphatic heterocycles. The summed E-state index contributed by atoms with van der Waals surface area (Å²) in [5.41, 5.74) is 7.73. The highest BCUT2D eigenvalue weighted by Crippen LogP contribution is 2.23. The predicted molar refractivity (Wildman–Crippen MR) is 82.8 cm³/mol. The average Bonchev–Trinajstić information content (AvgIpc) is 2.55. The molecule has 0 aromatic heterocycles. The Hall–Kier alpha value is -2.64. The molecule has 0 fully saturated rings. The van der Waals surface area contributed by atoms with E-state index in [9.17, 15) is 4.79 Å². The Morgan fingerprint density at radius 3 is 2.43 bits per heavy atom. The number of nitrogens with zero attached hydrogens (tertiary/aromatic N) is 2. The van der Waals surface area contributed by atoms with Gasteiger partial charge in [-0.15, -0.1) is 0 Å². The Morgan fingerprint density at radius 1 is 1.19 bits per heavy atom. The molecule has 0 heterocycles. The lowest BCUT2D eigenvalue weighted by molar-refractivity contribution is -0.119. The molecule has 0 aliphatic carbocycles. The lowest BCUT2D eigenvalue weighted by Gasteiger charge is -2.24. The average molecular weight is 279 g/mol. The minimum atomic E-state index is -0.414. The Kier molecular flexibility index (Phi) is 4.70. The topological polar surface area (TPSA) is 70.1 Å². The normalized spacial score (nSPS) is 11.5. The number of hydrogen-bond acceptors (Lipinski definition) is 3. The first-order chi connectivity index (χ1) is 10.2. The molecule has 2 aromatic carbocycles. The number of anilines is 1. The molecule has 1 amide bonds. The van der Waals surface area contributed by atoms with Gasteiger partial charge in [-0.3, -0.25) is 4.79 Å². The zero-order valence-corrected chi connectivity index (χ0v) is 11.9. The van der Waals surface area contributed by atoms with Crippen molar-refractivity contribution >= 4 is 11.6 Å². The summed E-state index contributed by atoms with van der Waals surface area (Å²) in [6, 6.07) is 18.6. The second-order valence-corrected chi connectivity index (χ2v) is 4.73. The Balaban J connectivity index is 2.32. The highest BCUT2D eigenvalue weighted by Gasteiger charge is 2.24. The fraction of sp³-hybridized carbons (Fsp3) is 0.176. The van der Waals surface area contributed by atoms with Gasteiger partial charge in [-0.2, -0.15) is 5.26 Å². The predicted octanol–water partition coefficient (Wildman–Crippen LogP) is 2.26. The number of hydrogen-bond donors (Lipinski definition) is 1. The molecule has 1 atom stereocenters. The van der Waals surface area contributed by atoms with Crippen LogP contribution in [0.4, 0.5) is 5.69 Å². The molecule has 4 heteroatoms. The third-order valence-corrected chi connectivity index (χ3v) is 3.45. The number of benzene rings is 2. The van der Waals surface area contributed by atoms with E-state index in [4.69, 9.17) is 11.0 Å². The van der Waals surface area contributed by atoms with E-state index in [-0.39, 0.29) is 12.5 Å². The van der Waals surface area contributed by atoms with Crippen LogP contribution in [0.1, 0.15) is 17.0 Å². The van der Waals surface area contributed by atoms with Gasteiger partial charge in [0, 0.05) is 13.6 Å². The highest BCUT2D eigenvalue weighted by molar-refractivity contribution is 5.98. The van der Waals surface area contributed by atoms with Crippen molar-refractivity contribution in [1.29, 1.82) is 5.26 Å². The SMILES string of the molecule is CN(C(=O)C(CN)c1ccccc1)c1ccccc1C#N. The first-order valence-corrected chi connectivity index (χ1v) is 6.70. The van der Waals surface area contributed by atoms with Gasteiger partial charge in [0.15, 0.2) is 0 Å². The van der Waals surface area contributed by atoms with Gasteiger partial charge < -0.3 is 10.6 Å². The summed E-state index contributed by atoms with van der Waals surface area (Å²) >= 11 is 0. The van der Waals surface area contributed by atoms with Crippen molar-refractivity contribution in [2.24, 2.45) is 5.73 Å². The largest absolute Gasteiger partial charge is 0.329 e. The molecule has 0 aliphatic rings. The van der Waals surface area contributed by atoms with Crippen molar-refractivity contribution in [3.63, 3.8) is 0 Å². The van der Waals surface area contributed by atoms with Gasteiger partial charge >= 0.3 is 0 Å². The smallest absolute Gasteiger partial charge is 0.235 e. The number of nitriles is 1. The summed E-state index contributed by atoms with van der Waals surface area (Å²) in [6.45, 7) is 0.224. The van der Waals surface area contributed by atoms with E-state index in [1.54, 1.807) is 31.3 Å². The molecule has 0 saturated heterocycles. The molecule has 4 nitrogen and oxygen atoms in total.